The van der Waals surface area contributed by atoms with Crippen molar-refractivity contribution in [2.24, 2.45) is 11.7 Å². The molecule has 4 atom stereocenters. The summed E-state index contributed by atoms with van der Waals surface area (Å²) in [5.74, 6) is 0.748. The van der Waals surface area contributed by atoms with Crippen LogP contribution in [0.1, 0.15) is 45.2 Å². The molecule has 1 aromatic carbocycles. The van der Waals surface area contributed by atoms with Gasteiger partial charge in [0.05, 0.1) is 6.04 Å². The lowest BCUT2D eigenvalue weighted by Crippen LogP contribution is -2.49. The second kappa shape index (κ2) is 6.38. The third kappa shape index (κ3) is 3.21. The van der Waals surface area contributed by atoms with Crippen LogP contribution in [0.25, 0.3) is 0 Å². The lowest BCUT2D eigenvalue weighted by molar-refractivity contribution is 0.0576. The van der Waals surface area contributed by atoms with Crippen molar-refractivity contribution in [2.75, 3.05) is 6.54 Å². The predicted octanol–water partition coefficient (Wildman–Crippen LogP) is 3.96. The fourth-order valence-corrected chi connectivity index (χ4v) is 3.76. The average molecular weight is 325 g/mol. The molecule has 1 heterocycles. The van der Waals surface area contributed by atoms with Crippen molar-refractivity contribution >= 4 is 15.9 Å². The van der Waals surface area contributed by atoms with Gasteiger partial charge in [-0.3, -0.25) is 4.90 Å². The van der Waals surface area contributed by atoms with Gasteiger partial charge in [0.15, 0.2) is 0 Å². The van der Waals surface area contributed by atoms with Gasteiger partial charge < -0.3 is 5.73 Å². The van der Waals surface area contributed by atoms with Gasteiger partial charge in [0.25, 0.3) is 0 Å². The molecule has 1 saturated heterocycles. The molecule has 0 amide bonds. The number of likely N-dealkylation sites (tertiary alicyclic amines) is 1. The number of hydrogen-bond acceptors (Lipinski definition) is 2. The molecule has 4 unspecified atom stereocenters. The molecule has 0 saturated carbocycles. The maximum absolute atomic E-state index is 6.31. The van der Waals surface area contributed by atoms with Gasteiger partial charge in [-0.2, -0.15) is 0 Å². The predicted molar refractivity (Wildman–Crippen MR) is 85.1 cm³/mol. The van der Waals surface area contributed by atoms with Crippen molar-refractivity contribution in [3.63, 3.8) is 0 Å². The fraction of sp³-hybridized carbons (Fsp3) is 0.625. The summed E-state index contributed by atoms with van der Waals surface area (Å²) in [6.07, 6.45) is 2.61. The minimum atomic E-state index is 0.131. The highest BCUT2D eigenvalue weighted by Gasteiger charge is 2.33. The summed E-state index contributed by atoms with van der Waals surface area (Å²) < 4.78 is 1.17. The van der Waals surface area contributed by atoms with Gasteiger partial charge in [-0.1, -0.05) is 41.1 Å². The summed E-state index contributed by atoms with van der Waals surface area (Å²) in [5, 5.41) is 0. The Morgan fingerprint density at radius 1 is 1.32 bits per heavy atom. The van der Waals surface area contributed by atoms with E-state index in [-0.39, 0.29) is 6.04 Å². The molecule has 3 heteroatoms. The summed E-state index contributed by atoms with van der Waals surface area (Å²) in [4.78, 5) is 2.60. The van der Waals surface area contributed by atoms with E-state index in [1.807, 2.05) is 0 Å². The van der Waals surface area contributed by atoms with Crippen LogP contribution in [0, 0.1) is 5.92 Å². The first-order valence-corrected chi connectivity index (χ1v) is 8.07. The summed E-state index contributed by atoms with van der Waals surface area (Å²) in [5.41, 5.74) is 7.63. The van der Waals surface area contributed by atoms with Gasteiger partial charge in [-0.15, -0.1) is 0 Å². The molecule has 2 nitrogen and oxygen atoms in total. The maximum atomic E-state index is 6.31. The number of nitrogens with zero attached hydrogens (tertiary/aromatic N) is 1. The van der Waals surface area contributed by atoms with E-state index in [0.29, 0.717) is 12.1 Å². The monoisotopic (exact) mass is 324 g/mol. The minimum absolute atomic E-state index is 0.131. The number of nitrogens with two attached hydrogens (primary N) is 1. The van der Waals surface area contributed by atoms with E-state index in [2.05, 4.69) is 65.9 Å². The zero-order valence-corrected chi connectivity index (χ0v) is 13.7. The van der Waals surface area contributed by atoms with Gasteiger partial charge in [-0.05, 0) is 50.8 Å². The van der Waals surface area contributed by atoms with Crippen molar-refractivity contribution in [3.8, 4) is 0 Å². The molecular weight excluding hydrogens is 300 g/mol. The van der Waals surface area contributed by atoms with Crippen LogP contribution in [0.3, 0.4) is 0 Å². The SMILES string of the molecule is CC(N)C(c1ccccc1Br)N1CCCC(C)C1C. The number of rotatable bonds is 3. The molecule has 2 rings (SSSR count). The highest BCUT2D eigenvalue weighted by atomic mass is 79.9. The molecule has 106 valence electrons. The Kier molecular flexibility index (Phi) is 5.04. The highest BCUT2D eigenvalue weighted by molar-refractivity contribution is 9.10. The van der Waals surface area contributed by atoms with E-state index in [9.17, 15) is 0 Å². The summed E-state index contributed by atoms with van der Waals surface area (Å²) in [6.45, 7) is 7.97. The number of benzene rings is 1. The van der Waals surface area contributed by atoms with E-state index in [1.165, 1.54) is 22.9 Å². The Balaban J connectivity index is 2.33. The Labute approximate surface area is 125 Å². The highest BCUT2D eigenvalue weighted by Crippen LogP contribution is 2.35. The van der Waals surface area contributed by atoms with Crippen LogP contribution in [0.15, 0.2) is 28.7 Å². The van der Waals surface area contributed by atoms with Crippen molar-refractivity contribution in [1.82, 2.24) is 4.90 Å². The second-order valence-electron chi connectivity index (χ2n) is 5.92. The van der Waals surface area contributed by atoms with E-state index in [0.717, 1.165) is 12.5 Å². The number of piperidine rings is 1. The van der Waals surface area contributed by atoms with Crippen LogP contribution in [-0.4, -0.2) is 23.5 Å². The van der Waals surface area contributed by atoms with Crippen LogP contribution in [-0.2, 0) is 0 Å². The molecule has 2 N–H and O–H groups in total. The Morgan fingerprint density at radius 2 is 2.00 bits per heavy atom. The molecule has 1 fully saturated rings. The average Bonchev–Trinajstić information content (AvgIpc) is 2.37. The lowest BCUT2D eigenvalue weighted by Gasteiger charge is -2.44. The zero-order valence-electron chi connectivity index (χ0n) is 12.1. The first-order chi connectivity index (χ1) is 9.02. The van der Waals surface area contributed by atoms with Gasteiger partial charge >= 0.3 is 0 Å². The molecule has 1 aromatic rings. The Hall–Kier alpha value is -0.380. The largest absolute Gasteiger partial charge is 0.326 e. The molecule has 0 aliphatic carbocycles. The van der Waals surface area contributed by atoms with Crippen LogP contribution >= 0.6 is 15.9 Å². The summed E-state index contributed by atoms with van der Waals surface area (Å²) >= 11 is 3.68. The molecule has 1 aliphatic heterocycles. The van der Waals surface area contributed by atoms with Gasteiger partial charge in [0.1, 0.15) is 0 Å². The van der Waals surface area contributed by atoms with Gasteiger partial charge in [0.2, 0.25) is 0 Å². The topological polar surface area (TPSA) is 29.3 Å². The second-order valence-corrected chi connectivity index (χ2v) is 6.78. The maximum Gasteiger partial charge on any atom is 0.0510 e. The Bertz CT molecular complexity index is 419. The molecule has 0 bridgehead atoms. The Morgan fingerprint density at radius 3 is 2.63 bits per heavy atom. The quantitative estimate of drug-likeness (QED) is 0.911. The van der Waals surface area contributed by atoms with Crippen molar-refractivity contribution < 1.29 is 0 Å². The molecule has 19 heavy (non-hydrogen) atoms. The van der Waals surface area contributed by atoms with Crippen molar-refractivity contribution in [2.45, 2.75) is 51.7 Å². The van der Waals surface area contributed by atoms with Gasteiger partial charge in [0, 0.05) is 16.6 Å². The van der Waals surface area contributed by atoms with E-state index >= 15 is 0 Å². The smallest absolute Gasteiger partial charge is 0.0510 e. The number of halogens is 1. The van der Waals surface area contributed by atoms with Crippen LogP contribution in [0.5, 0.6) is 0 Å². The standard InChI is InChI=1S/C16H25BrN2/c1-11-7-6-10-19(13(11)3)16(12(2)18)14-8-4-5-9-15(14)17/h4-5,8-9,11-13,16H,6-7,10,18H2,1-3H3. The third-order valence-corrected chi connectivity index (χ3v) is 5.22. The van der Waals surface area contributed by atoms with Crippen molar-refractivity contribution in [1.29, 1.82) is 0 Å². The number of hydrogen-bond donors (Lipinski definition) is 1. The lowest BCUT2D eigenvalue weighted by atomic mass is 9.87. The van der Waals surface area contributed by atoms with E-state index < -0.39 is 0 Å². The van der Waals surface area contributed by atoms with Gasteiger partial charge in [-0.25, -0.2) is 0 Å². The van der Waals surface area contributed by atoms with E-state index in [1.54, 1.807) is 0 Å². The van der Waals surface area contributed by atoms with E-state index in [4.69, 9.17) is 5.73 Å². The molecule has 1 aliphatic rings. The molecule has 0 spiro atoms. The zero-order chi connectivity index (χ0) is 14.0. The first-order valence-electron chi connectivity index (χ1n) is 7.28. The summed E-state index contributed by atoms with van der Waals surface area (Å²) in [6, 6.07) is 9.51. The molecular formula is C16H25BrN2. The summed E-state index contributed by atoms with van der Waals surface area (Å²) in [7, 11) is 0. The third-order valence-electron chi connectivity index (χ3n) is 4.50. The van der Waals surface area contributed by atoms with Crippen molar-refractivity contribution in [3.05, 3.63) is 34.3 Å². The van der Waals surface area contributed by atoms with Crippen LogP contribution in [0.2, 0.25) is 0 Å². The normalized spacial score (nSPS) is 28.1. The first kappa shape index (κ1) is 15.0. The minimum Gasteiger partial charge on any atom is -0.326 e. The fourth-order valence-electron chi connectivity index (χ4n) is 3.24. The molecule has 0 aromatic heterocycles. The van der Waals surface area contributed by atoms with Crippen LogP contribution < -0.4 is 5.73 Å². The molecule has 0 radical (unpaired) electrons. The van der Waals surface area contributed by atoms with Crippen LogP contribution in [0.4, 0.5) is 0 Å².